The Morgan fingerprint density at radius 2 is 1.78 bits per heavy atom. The van der Waals surface area contributed by atoms with Crippen LogP contribution in [0.25, 0.3) is 10.9 Å². The quantitative estimate of drug-likeness (QED) is 0.0494. The van der Waals surface area contributed by atoms with Gasteiger partial charge in [0.05, 0.1) is 23.6 Å². The molecule has 7 rings (SSSR count). The number of aromatic nitrogens is 2. The molecule has 3 saturated heterocycles. The van der Waals surface area contributed by atoms with Crippen LogP contribution in [0.3, 0.4) is 0 Å². The molecule has 0 aliphatic carbocycles. The fraction of sp³-hybridized carbons (Fsp3) is 0.521. The summed E-state index contributed by atoms with van der Waals surface area (Å²) in [5.41, 5.74) is 7.76. The van der Waals surface area contributed by atoms with Crippen LogP contribution < -0.4 is 25.8 Å². The zero-order chi connectivity index (χ0) is 52.0. The average molecular weight is 1040 g/mol. The second kappa shape index (κ2) is 23.2. The first-order chi connectivity index (χ1) is 34.2. The summed E-state index contributed by atoms with van der Waals surface area (Å²) in [6, 6.07) is 9.24. The van der Waals surface area contributed by atoms with Crippen LogP contribution in [0.5, 0.6) is 11.6 Å². The Balaban J connectivity index is 0.975. The van der Waals surface area contributed by atoms with Crippen molar-refractivity contribution in [2.24, 2.45) is 11.7 Å². The van der Waals surface area contributed by atoms with E-state index < -0.39 is 77.0 Å². The number of fused-ring (bicyclic) bond motifs is 2. The summed E-state index contributed by atoms with van der Waals surface area (Å²) in [4.78, 5) is 107. The summed E-state index contributed by atoms with van der Waals surface area (Å²) in [7, 11) is -2.63. The smallest absolute Gasteiger partial charge is 0.418 e. The van der Waals surface area contributed by atoms with Gasteiger partial charge in [-0.1, -0.05) is 26.0 Å². The highest BCUT2D eigenvalue weighted by atomic mass is 32.8. The van der Waals surface area contributed by atoms with Gasteiger partial charge in [-0.2, -0.15) is 0 Å². The first-order valence-electron chi connectivity index (χ1n) is 24.0. The molecular formula is C48H63N8O14PS. The van der Waals surface area contributed by atoms with Crippen molar-refractivity contribution in [1.82, 2.24) is 35.5 Å². The molecule has 5 heterocycles. The number of carbonyl (C=O) groups excluding carboxylic acids is 6. The van der Waals surface area contributed by atoms with Crippen LogP contribution in [0.15, 0.2) is 57.9 Å². The molecule has 3 aliphatic heterocycles. The zero-order valence-corrected chi connectivity index (χ0v) is 42.3. The van der Waals surface area contributed by atoms with Gasteiger partial charge in [-0.15, -0.1) is 0 Å². The predicted molar refractivity (Wildman–Crippen MR) is 261 cm³/mol. The number of amides is 6. The first-order valence-corrected chi connectivity index (χ1v) is 27.4. The Morgan fingerprint density at radius 3 is 2.47 bits per heavy atom. The van der Waals surface area contributed by atoms with Gasteiger partial charge >= 0.3 is 6.80 Å². The summed E-state index contributed by atoms with van der Waals surface area (Å²) in [6.45, 7) is 3.31. The molecule has 4 aromatic rings. The second-order valence-corrected chi connectivity index (χ2v) is 23.3. The molecule has 0 saturated carbocycles. The molecule has 22 nitrogen and oxygen atoms in total. The van der Waals surface area contributed by atoms with Crippen molar-refractivity contribution in [2.75, 3.05) is 39.4 Å². The number of nitrogens with zero attached hydrogens (tertiary/aromatic N) is 4. The average Bonchev–Trinajstić information content (AvgIpc) is 4.16. The van der Waals surface area contributed by atoms with E-state index in [1.54, 1.807) is 17.0 Å². The van der Waals surface area contributed by atoms with Crippen LogP contribution in [-0.4, -0.2) is 149 Å². The Labute approximate surface area is 418 Å². The number of aromatic amines is 1. The summed E-state index contributed by atoms with van der Waals surface area (Å²) < 4.78 is 41.7. The van der Waals surface area contributed by atoms with Crippen LogP contribution in [0.4, 0.5) is 0 Å². The third kappa shape index (κ3) is 12.9. The van der Waals surface area contributed by atoms with Crippen molar-refractivity contribution < 1.29 is 66.4 Å². The lowest BCUT2D eigenvalue weighted by atomic mass is 9.92. The lowest BCUT2D eigenvalue weighted by molar-refractivity contribution is -0.145. The molecule has 72 heavy (non-hydrogen) atoms. The van der Waals surface area contributed by atoms with E-state index in [0.717, 1.165) is 11.1 Å². The topological polar surface area (TPSA) is 317 Å². The molecule has 6 unspecified atom stereocenters. The Kier molecular flexibility index (Phi) is 17.3. The van der Waals surface area contributed by atoms with Gasteiger partial charge < -0.3 is 64.9 Å². The lowest BCUT2D eigenvalue weighted by Gasteiger charge is -2.38. The minimum atomic E-state index is -4.96. The molecule has 3 fully saturated rings. The monoisotopic (exact) mass is 1040 g/mol. The van der Waals surface area contributed by atoms with Gasteiger partial charge in [-0.3, -0.25) is 28.8 Å². The third-order valence-electron chi connectivity index (χ3n) is 13.5. The van der Waals surface area contributed by atoms with Crippen molar-refractivity contribution in [2.45, 2.75) is 120 Å². The van der Waals surface area contributed by atoms with Crippen LogP contribution in [0.2, 0.25) is 0 Å². The standard InChI is InChI=1S/C48H63N8O14PS/c1-27(2)44(48(63)55-19-17-34(58)24-55)41-23-43(53-70-41)68-20-6-8-30-7-5-9-40(28(30)3)69-26-32(10-15-42(49)59)50-46(61)39-14-11-33-16-18-54(29(4)57)25-38(47(62)56(33)39)52-45(60)37-22-31-21-35(12-13-36(31)51-37)72(67)71(64,65)66/h5,7,9,12-13,21-23,27,32-34,38-39,44,51,58H,6,8,10-11,14-20,24-26H2,1-4H3,(H2,49,59)(H,50,61)(H,52,60)(H2,64,65,66)/t32?,33-,34?,38?,39?,44?,72?/m1/s1. The minimum absolute atomic E-state index is 0.0166. The van der Waals surface area contributed by atoms with Crippen molar-refractivity contribution >= 4 is 63.6 Å². The minimum Gasteiger partial charge on any atom is -0.491 e. The van der Waals surface area contributed by atoms with Gasteiger partial charge in [0.25, 0.3) is 11.8 Å². The highest BCUT2D eigenvalue weighted by Crippen LogP contribution is 2.44. The van der Waals surface area contributed by atoms with E-state index in [1.807, 2.05) is 32.9 Å². The number of ether oxygens (including phenoxy) is 2. The van der Waals surface area contributed by atoms with Crippen molar-refractivity contribution in [3.05, 3.63) is 71.1 Å². The van der Waals surface area contributed by atoms with E-state index in [-0.39, 0.29) is 73.2 Å². The van der Waals surface area contributed by atoms with Gasteiger partial charge in [0.2, 0.25) is 29.5 Å². The van der Waals surface area contributed by atoms with Gasteiger partial charge in [-0.25, -0.2) is 8.77 Å². The Bertz CT molecular complexity index is 2740. The number of likely N-dealkylation sites (tertiary alicyclic amines) is 1. The normalized spacial score (nSPS) is 20.7. The largest absolute Gasteiger partial charge is 0.491 e. The summed E-state index contributed by atoms with van der Waals surface area (Å²) in [5.74, 6) is -2.20. The number of aliphatic hydroxyl groups excluding tert-OH is 1. The van der Waals surface area contributed by atoms with E-state index in [1.165, 1.54) is 41.0 Å². The SMILES string of the molecule is CC(=O)N1CC[C@H]2CCC(C(=O)NC(CCC(N)=O)COc3cccc(CCCOc4cc(C(C(=O)N5CCC(O)C5)C(C)C)on4)c3C)N2C(=O)C(NC(=O)c2cc3cc(S(=O)P(=O)(O)O)ccc3[nH]2)C1. The number of benzene rings is 2. The molecule has 2 aromatic heterocycles. The number of rotatable bonds is 20. The fourth-order valence-electron chi connectivity index (χ4n) is 9.63. The number of primary amides is 1. The highest BCUT2D eigenvalue weighted by molar-refractivity contribution is 8.45. The maximum Gasteiger partial charge on any atom is 0.418 e. The number of hydrogen-bond acceptors (Lipinski definition) is 13. The number of aryl methyl sites for hydroxylation is 1. The molecule has 390 valence electrons. The molecule has 7 atom stereocenters. The van der Waals surface area contributed by atoms with Crippen LogP contribution in [0, 0.1) is 12.8 Å². The molecule has 0 radical (unpaired) electrons. The molecule has 6 amide bonds. The number of β-amino-alcohol motifs (C(OH)–C–C–N with tert-alkyl or cyclic N) is 1. The Morgan fingerprint density at radius 1 is 1.01 bits per heavy atom. The summed E-state index contributed by atoms with van der Waals surface area (Å²) in [5, 5.41) is 20.0. The van der Waals surface area contributed by atoms with E-state index in [2.05, 4.69) is 20.8 Å². The van der Waals surface area contributed by atoms with E-state index in [9.17, 15) is 52.4 Å². The van der Waals surface area contributed by atoms with Crippen molar-refractivity contribution in [1.29, 1.82) is 0 Å². The number of nitrogens with two attached hydrogens (primary N) is 1. The van der Waals surface area contributed by atoms with Gasteiger partial charge in [0, 0.05) is 62.5 Å². The van der Waals surface area contributed by atoms with E-state index in [4.69, 9.17) is 19.7 Å². The number of nitrogens with one attached hydrogen (secondary N) is 3. The van der Waals surface area contributed by atoms with Crippen molar-refractivity contribution in [3.63, 3.8) is 0 Å². The molecule has 3 aliphatic rings. The molecular weight excluding hydrogens is 976 g/mol. The molecule has 2 aromatic carbocycles. The van der Waals surface area contributed by atoms with Crippen molar-refractivity contribution in [3.8, 4) is 11.6 Å². The van der Waals surface area contributed by atoms with E-state index >= 15 is 0 Å². The maximum absolute atomic E-state index is 14.5. The van der Waals surface area contributed by atoms with Gasteiger partial charge in [0.1, 0.15) is 36.1 Å². The molecule has 0 bridgehead atoms. The second-order valence-electron chi connectivity index (χ2n) is 19.0. The zero-order valence-electron chi connectivity index (χ0n) is 40.6. The number of hydrogen-bond donors (Lipinski definition) is 7. The number of H-pyrrole nitrogens is 1. The first kappa shape index (κ1) is 53.7. The molecule has 24 heteroatoms. The molecule has 0 spiro atoms. The lowest BCUT2D eigenvalue weighted by Crippen LogP contribution is -2.61. The summed E-state index contributed by atoms with van der Waals surface area (Å²) in [6.07, 6.45) is 2.44. The number of aliphatic hydroxyl groups is 1. The third-order valence-corrected chi connectivity index (χ3v) is 16.5. The van der Waals surface area contributed by atoms with E-state index in [0.29, 0.717) is 74.2 Å². The van der Waals surface area contributed by atoms with Crippen LogP contribution in [-0.2, 0) is 45.4 Å². The van der Waals surface area contributed by atoms with Crippen LogP contribution in [0.1, 0.15) is 99.0 Å². The fourth-order valence-corrected chi connectivity index (χ4v) is 11.5. The maximum atomic E-state index is 14.5. The van der Waals surface area contributed by atoms with Crippen LogP contribution >= 0.6 is 6.80 Å². The summed E-state index contributed by atoms with van der Waals surface area (Å²) >= 11 is 0. The molecule has 8 N–H and O–H groups in total. The van der Waals surface area contributed by atoms with Gasteiger partial charge in [-0.05, 0) is 104 Å². The Hall–Kier alpha value is -6.13. The predicted octanol–water partition coefficient (Wildman–Crippen LogP) is 2.55. The van der Waals surface area contributed by atoms with Gasteiger partial charge in [0.15, 0.2) is 16.2 Å². The highest BCUT2D eigenvalue weighted by Gasteiger charge is 2.46. The number of carbonyl (C=O) groups is 6.